The summed E-state index contributed by atoms with van der Waals surface area (Å²) in [5.41, 5.74) is 2.37. The minimum Gasteiger partial charge on any atom is -0.377 e. The lowest BCUT2D eigenvalue weighted by Gasteiger charge is -2.43. The van der Waals surface area contributed by atoms with E-state index in [9.17, 15) is 9.90 Å². The number of carbonyl (C=O) groups is 1. The third-order valence-corrected chi connectivity index (χ3v) is 8.16. The molecule has 2 N–H and O–H groups in total. The van der Waals surface area contributed by atoms with Crippen LogP contribution in [0.3, 0.4) is 0 Å². The summed E-state index contributed by atoms with van der Waals surface area (Å²) in [6.07, 6.45) is 5.46. The molecule has 0 spiro atoms. The molecule has 0 saturated carbocycles. The van der Waals surface area contributed by atoms with Gasteiger partial charge in [0, 0.05) is 34.8 Å². The van der Waals surface area contributed by atoms with Crippen LogP contribution in [0.1, 0.15) is 53.0 Å². The van der Waals surface area contributed by atoms with Crippen LogP contribution in [0.2, 0.25) is 5.02 Å². The number of Topliss-reactive ketones (excluding diaryl/α,β-unsaturated/α-hetero) is 1. The highest BCUT2D eigenvalue weighted by molar-refractivity contribution is 6.30. The molecule has 1 fully saturated rings. The molecular formula is C27H25ClN2O2. The van der Waals surface area contributed by atoms with E-state index in [1.54, 1.807) is 18.5 Å². The van der Waals surface area contributed by atoms with E-state index in [-0.39, 0.29) is 17.6 Å². The Bertz CT molecular complexity index is 1210. The van der Waals surface area contributed by atoms with E-state index in [1.165, 1.54) is 5.56 Å². The monoisotopic (exact) mass is 444 g/mol. The minimum absolute atomic E-state index is 0.138. The summed E-state index contributed by atoms with van der Waals surface area (Å²) < 4.78 is 0. The highest BCUT2D eigenvalue weighted by atomic mass is 35.5. The van der Waals surface area contributed by atoms with Gasteiger partial charge in [-0.05, 0) is 72.8 Å². The summed E-state index contributed by atoms with van der Waals surface area (Å²) in [6.45, 7) is 1.57. The molecule has 2 aliphatic carbocycles. The number of hydrogen-bond donors (Lipinski definition) is 2. The summed E-state index contributed by atoms with van der Waals surface area (Å²) in [4.78, 5) is 19.1. The highest BCUT2D eigenvalue weighted by Gasteiger charge is 2.63. The number of rotatable bonds is 4. The van der Waals surface area contributed by atoms with Gasteiger partial charge in [-0.25, -0.2) is 0 Å². The molecule has 4 nitrogen and oxygen atoms in total. The third-order valence-electron chi connectivity index (χ3n) is 7.92. The number of nitrogens with one attached hydrogen (secondary N) is 1. The van der Waals surface area contributed by atoms with Crippen LogP contribution in [-0.4, -0.2) is 29.0 Å². The Balaban J connectivity index is 1.60. The molecular weight excluding hydrogens is 420 g/mol. The lowest BCUT2D eigenvalue weighted by molar-refractivity contribution is -0.151. The number of hydrogen-bond acceptors (Lipinski definition) is 4. The Labute approximate surface area is 192 Å². The number of carbonyl (C=O) groups excluding carboxylic acids is 1. The Morgan fingerprint density at radius 1 is 1.06 bits per heavy atom. The zero-order valence-corrected chi connectivity index (χ0v) is 18.5. The first-order valence-electron chi connectivity index (χ1n) is 11.3. The zero-order valence-electron chi connectivity index (χ0n) is 17.7. The molecule has 1 aliphatic heterocycles. The fourth-order valence-corrected chi connectivity index (χ4v) is 6.66. The van der Waals surface area contributed by atoms with Gasteiger partial charge in [0.05, 0.1) is 5.41 Å². The van der Waals surface area contributed by atoms with Crippen LogP contribution in [0.5, 0.6) is 0 Å². The third kappa shape index (κ3) is 2.57. The van der Waals surface area contributed by atoms with E-state index < -0.39 is 11.0 Å². The number of aromatic nitrogens is 1. The largest absolute Gasteiger partial charge is 0.377 e. The molecule has 0 amide bonds. The number of ketones is 1. The first-order chi connectivity index (χ1) is 15.6. The molecule has 3 aromatic rings. The minimum atomic E-state index is -1.62. The number of benzene rings is 2. The van der Waals surface area contributed by atoms with Crippen molar-refractivity contribution in [3.8, 4) is 0 Å². The second-order valence-corrected chi connectivity index (χ2v) is 9.78. The summed E-state index contributed by atoms with van der Waals surface area (Å²) in [6, 6.07) is 17.8. The fourth-order valence-electron chi connectivity index (χ4n) is 6.49. The van der Waals surface area contributed by atoms with Gasteiger partial charge >= 0.3 is 0 Å². The van der Waals surface area contributed by atoms with Crippen LogP contribution in [0.15, 0.2) is 67.0 Å². The van der Waals surface area contributed by atoms with Gasteiger partial charge in [-0.3, -0.25) is 9.78 Å². The van der Waals surface area contributed by atoms with E-state index >= 15 is 0 Å². The van der Waals surface area contributed by atoms with Crippen molar-refractivity contribution in [2.24, 2.45) is 5.92 Å². The van der Waals surface area contributed by atoms with Crippen LogP contribution < -0.4 is 5.32 Å². The van der Waals surface area contributed by atoms with Crippen LogP contribution in [-0.2, 0) is 15.8 Å². The Hall–Kier alpha value is -2.53. The molecule has 3 atom stereocenters. The maximum Gasteiger partial charge on any atom is 0.184 e. The van der Waals surface area contributed by atoms with E-state index in [0.29, 0.717) is 17.0 Å². The van der Waals surface area contributed by atoms with Gasteiger partial charge in [-0.1, -0.05) is 48.0 Å². The van der Waals surface area contributed by atoms with Crippen molar-refractivity contribution in [2.45, 2.75) is 36.2 Å². The number of nitrogens with zero attached hydrogens (tertiary/aromatic N) is 1. The summed E-state index contributed by atoms with van der Waals surface area (Å²) in [5, 5.41) is 16.4. The number of piperidine rings is 1. The topological polar surface area (TPSA) is 62.2 Å². The van der Waals surface area contributed by atoms with E-state index in [1.807, 2.05) is 30.3 Å². The van der Waals surface area contributed by atoms with E-state index in [0.717, 1.165) is 42.6 Å². The number of fused-ring (bicyclic) bond motifs is 8. The second kappa shape index (κ2) is 7.24. The van der Waals surface area contributed by atoms with Crippen LogP contribution >= 0.6 is 11.6 Å². The van der Waals surface area contributed by atoms with Gasteiger partial charge in [0.2, 0.25) is 0 Å². The maximum absolute atomic E-state index is 14.8. The van der Waals surface area contributed by atoms with Crippen LogP contribution in [0.25, 0.3) is 0 Å². The lowest BCUT2D eigenvalue weighted by Crippen LogP contribution is -2.54. The average Bonchev–Trinajstić information content (AvgIpc) is 3.37. The molecule has 2 aromatic carbocycles. The summed E-state index contributed by atoms with van der Waals surface area (Å²) >= 11 is 6.44. The standard InChI is InChI=1S/C27H25ClN2O2/c28-19-7-8-21-22-15-26(24(21)14-19,23-6-2-1-5-20(22)23)25(31)27(32,17-9-12-29-13-10-17)18-4-3-11-30-16-18/h1-8,11,14,16-17,22,29,32H,9-10,12-13,15H2/t22-,26-,27?/m0/s1. The second-order valence-electron chi connectivity index (χ2n) is 9.34. The van der Waals surface area contributed by atoms with Gasteiger partial charge in [-0.15, -0.1) is 0 Å². The Kier molecular flexibility index (Phi) is 4.55. The van der Waals surface area contributed by atoms with Crippen molar-refractivity contribution < 1.29 is 9.90 Å². The predicted octanol–water partition coefficient (Wildman–Crippen LogP) is 4.33. The van der Waals surface area contributed by atoms with Crippen LogP contribution in [0, 0.1) is 5.92 Å². The molecule has 1 aromatic heterocycles. The first-order valence-corrected chi connectivity index (χ1v) is 11.7. The first kappa shape index (κ1) is 20.1. The van der Waals surface area contributed by atoms with E-state index in [2.05, 4.69) is 28.5 Å². The molecule has 5 heteroatoms. The molecule has 2 heterocycles. The lowest BCUT2D eigenvalue weighted by atomic mass is 9.62. The maximum atomic E-state index is 14.8. The zero-order chi connectivity index (χ0) is 21.9. The van der Waals surface area contributed by atoms with Gasteiger partial charge in [0.1, 0.15) is 0 Å². The SMILES string of the molecule is O=C(C(O)(c1cccnc1)C1CCNCC1)[C@@]12C[C@@H](c3ccccc31)c1ccc(Cl)cc12. The quantitative estimate of drug-likeness (QED) is 0.628. The van der Waals surface area contributed by atoms with Crippen molar-refractivity contribution in [2.75, 3.05) is 13.1 Å². The molecule has 1 saturated heterocycles. The summed E-state index contributed by atoms with van der Waals surface area (Å²) in [7, 11) is 0. The van der Waals surface area contributed by atoms with Gasteiger partial charge < -0.3 is 10.4 Å². The number of aliphatic hydroxyl groups is 1. The molecule has 32 heavy (non-hydrogen) atoms. The molecule has 162 valence electrons. The van der Waals surface area contributed by atoms with Crippen molar-refractivity contribution >= 4 is 17.4 Å². The normalized spacial score (nSPS) is 25.8. The molecule has 2 bridgehead atoms. The number of halogens is 1. The molecule has 6 rings (SSSR count). The molecule has 0 radical (unpaired) electrons. The smallest absolute Gasteiger partial charge is 0.184 e. The molecule has 1 unspecified atom stereocenters. The van der Waals surface area contributed by atoms with Crippen molar-refractivity contribution in [3.63, 3.8) is 0 Å². The van der Waals surface area contributed by atoms with Crippen molar-refractivity contribution in [1.29, 1.82) is 0 Å². The van der Waals surface area contributed by atoms with E-state index in [4.69, 9.17) is 11.6 Å². The van der Waals surface area contributed by atoms with Gasteiger partial charge in [0.15, 0.2) is 11.4 Å². The Morgan fingerprint density at radius 3 is 2.62 bits per heavy atom. The predicted molar refractivity (Wildman–Crippen MR) is 124 cm³/mol. The Morgan fingerprint density at radius 2 is 1.84 bits per heavy atom. The van der Waals surface area contributed by atoms with Crippen molar-refractivity contribution in [1.82, 2.24) is 10.3 Å². The summed E-state index contributed by atoms with van der Waals surface area (Å²) in [5.74, 6) is -0.168. The van der Waals surface area contributed by atoms with Gasteiger partial charge in [-0.2, -0.15) is 0 Å². The van der Waals surface area contributed by atoms with Gasteiger partial charge in [0.25, 0.3) is 0 Å². The fraction of sp³-hybridized carbons (Fsp3) is 0.333. The molecule has 3 aliphatic rings. The van der Waals surface area contributed by atoms with Crippen LogP contribution in [0.4, 0.5) is 0 Å². The number of pyridine rings is 1. The highest BCUT2D eigenvalue weighted by Crippen LogP contribution is 2.63. The average molecular weight is 445 g/mol. The van der Waals surface area contributed by atoms with Crippen molar-refractivity contribution in [3.05, 3.63) is 99.8 Å².